The lowest BCUT2D eigenvalue weighted by atomic mass is 10.0. The van der Waals surface area contributed by atoms with Crippen molar-refractivity contribution in [1.29, 1.82) is 0 Å². The highest BCUT2D eigenvalue weighted by Gasteiger charge is 2.31. The Kier molecular flexibility index (Phi) is 13.8. The zero-order valence-electron chi connectivity index (χ0n) is 19.2. The number of aliphatic imine (C=N–C) groups is 1. The van der Waals surface area contributed by atoms with Gasteiger partial charge in [-0.3, -0.25) is 24.2 Å². The Labute approximate surface area is 196 Å². The molecule has 0 aliphatic heterocycles. The Balaban J connectivity index is 5.25. The van der Waals surface area contributed by atoms with Crippen molar-refractivity contribution in [2.45, 2.75) is 63.7 Å². The maximum Gasteiger partial charge on any atom is 0.326 e. The van der Waals surface area contributed by atoms with Crippen LogP contribution >= 0.6 is 0 Å². The molecule has 0 fully saturated rings. The van der Waals surface area contributed by atoms with Gasteiger partial charge in [-0.1, -0.05) is 13.8 Å². The Morgan fingerprint density at radius 1 is 0.882 bits per heavy atom. The maximum absolute atomic E-state index is 12.5. The topological polar surface area (TPSA) is 273 Å². The number of amides is 3. The van der Waals surface area contributed by atoms with Crippen molar-refractivity contribution in [3.8, 4) is 0 Å². The highest BCUT2D eigenvalue weighted by Crippen LogP contribution is 2.04. The fraction of sp³-hybridized carbons (Fsp3) is 0.684. The minimum absolute atomic E-state index is 0.0747. The Morgan fingerprint density at radius 3 is 1.88 bits per heavy atom. The van der Waals surface area contributed by atoms with E-state index in [1.807, 2.05) is 13.8 Å². The van der Waals surface area contributed by atoms with Crippen LogP contribution in [0.15, 0.2) is 4.99 Å². The molecule has 0 rings (SSSR count). The fourth-order valence-corrected chi connectivity index (χ4v) is 2.78. The summed E-state index contributed by atoms with van der Waals surface area (Å²) < 4.78 is 0. The molecule has 0 aliphatic rings. The van der Waals surface area contributed by atoms with E-state index in [-0.39, 0.29) is 31.3 Å². The average molecular weight is 490 g/mol. The molecule has 0 spiro atoms. The summed E-state index contributed by atoms with van der Waals surface area (Å²) in [6.45, 7) is 2.93. The zero-order chi connectivity index (χ0) is 26.4. The van der Waals surface area contributed by atoms with Gasteiger partial charge in [0, 0.05) is 6.54 Å². The van der Waals surface area contributed by atoms with Crippen molar-refractivity contribution in [2.24, 2.45) is 28.1 Å². The average Bonchev–Trinajstić information content (AvgIpc) is 2.71. The third-order valence-electron chi connectivity index (χ3n) is 4.45. The minimum Gasteiger partial charge on any atom is -0.481 e. The highest BCUT2D eigenvalue weighted by atomic mass is 16.4. The lowest BCUT2D eigenvalue weighted by molar-refractivity contribution is -0.143. The molecule has 0 saturated carbocycles. The Morgan fingerprint density at radius 2 is 1.41 bits per heavy atom. The molecular weight excluding hydrogens is 454 g/mol. The van der Waals surface area contributed by atoms with Crippen molar-refractivity contribution in [1.82, 2.24) is 16.0 Å². The summed E-state index contributed by atoms with van der Waals surface area (Å²) in [5.41, 5.74) is 16.1. The molecule has 15 nitrogen and oxygen atoms in total. The molecule has 0 radical (unpaired) electrons. The van der Waals surface area contributed by atoms with Gasteiger partial charge in [0.05, 0.1) is 19.1 Å². The van der Waals surface area contributed by atoms with Gasteiger partial charge in [-0.15, -0.1) is 0 Å². The second kappa shape index (κ2) is 15.4. The van der Waals surface area contributed by atoms with Gasteiger partial charge in [-0.2, -0.15) is 0 Å². The summed E-state index contributed by atoms with van der Waals surface area (Å²) in [6.07, 6.45) is -0.443. The number of hydrogen-bond donors (Lipinski definition) is 9. The lowest BCUT2D eigenvalue weighted by Crippen LogP contribution is -2.58. The number of rotatable bonds is 16. The number of carboxylic acid groups (broad SMARTS) is 2. The van der Waals surface area contributed by atoms with E-state index in [0.717, 1.165) is 0 Å². The lowest BCUT2D eigenvalue weighted by Gasteiger charge is -2.24. The van der Waals surface area contributed by atoms with Gasteiger partial charge in [-0.25, -0.2) is 4.79 Å². The molecule has 3 amide bonds. The van der Waals surface area contributed by atoms with Crippen LogP contribution in [0.4, 0.5) is 0 Å². The number of guanidine groups is 1. The number of aliphatic carboxylic acids is 2. The number of carbonyl (C=O) groups is 5. The number of aliphatic hydroxyl groups excluding tert-OH is 1. The van der Waals surface area contributed by atoms with Crippen LogP contribution in [0, 0.1) is 5.92 Å². The van der Waals surface area contributed by atoms with E-state index in [1.165, 1.54) is 0 Å². The van der Waals surface area contributed by atoms with Crippen molar-refractivity contribution >= 4 is 35.6 Å². The predicted octanol–water partition coefficient (Wildman–Crippen LogP) is -3.58. The first-order valence-corrected chi connectivity index (χ1v) is 10.6. The largest absolute Gasteiger partial charge is 0.481 e. The summed E-state index contributed by atoms with van der Waals surface area (Å²) in [7, 11) is 0. The van der Waals surface area contributed by atoms with Gasteiger partial charge in [-0.05, 0) is 25.2 Å². The van der Waals surface area contributed by atoms with E-state index < -0.39 is 66.9 Å². The number of nitrogens with one attached hydrogen (secondary N) is 3. The molecule has 0 heterocycles. The standard InChI is InChI=1S/C19H35N7O8/c1-9(2)6-10(20)15(30)26-13(8-27)17(32)25-12(7-14(28)29)16(31)24-11(18(33)34)4-3-5-23-19(21)22/h9-13,27H,3-8,20H2,1-2H3,(H,24,31)(H,25,32)(H,26,30)(H,28,29)(H,33,34)(H4,21,22,23). The first-order chi connectivity index (χ1) is 15.8. The third-order valence-corrected chi connectivity index (χ3v) is 4.45. The number of carboxylic acids is 2. The highest BCUT2D eigenvalue weighted by molar-refractivity contribution is 5.95. The zero-order valence-corrected chi connectivity index (χ0v) is 19.2. The van der Waals surface area contributed by atoms with E-state index in [0.29, 0.717) is 6.42 Å². The molecule has 0 aliphatic carbocycles. The van der Waals surface area contributed by atoms with Crippen molar-refractivity contribution in [3.63, 3.8) is 0 Å². The maximum atomic E-state index is 12.5. The number of nitrogens with two attached hydrogens (primary N) is 3. The Hall–Kier alpha value is -3.46. The molecule has 4 atom stereocenters. The quantitative estimate of drug-likeness (QED) is 0.0580. The van der Waals surface area contributed by atoms with Gasteiger partial charge >= 0.3 is 11.9 Å². The van der Waals surface area contributed by atoms with E-state index >= 15 is 0 Å². The van der Waals surface area contributed by atoms with Crippen LogP contribution in [-0.2, 0) is 24.0 Å². The second-order valence-electron chi connectivity index (χ2n) is 7.99. The first-order valence-electron chi connectivity index (χ1n) is 10.6. The van der Waals surface area contributed by atoms with E-state index in [9.17, 15) is 34.2 Å². The molecule has 15 heteroatoms. The van der Waals surface area contributed by atoms with Gasteiger partial charge < -0.3 is 48.5 Å². The van der Waals surface area contributed by atoms with Crippen LogP contribution in [0.2, 0.25) is 0 Å². The van der Waals surface area contributed by atoms with Crippen LogP contribution in [0.3, 0.4) is 0 Å². The molecule has 0 aromatic rings. The van der Waals surface area contributed by atoms with Crippen LogP contribution in [0.5, 0.6) is 0 Å². The number of carbonyl (C=O) groups excluding carboxylic acids is 3. The van der Waals surface area contributed by atoms with Gasteiger partial charge in [0.15, 0.2) is 5.96 Å². The van der Waals surface area contributed by atoms with E-state index in [4.69, 9.17) is 22.3 Å². The molecule has 194 valence electrons. The summed E-state index contributed by atoms with van der Waals surface area (Å²) in [5.74, 6) is -5.78. The van der Waals surface area contributed by atoms with E-state index in [2.05, 4.69) is 20.9 Å². The number of nitrogens with zero attached hydrogens (tertiary/aromatic N) is 1. The molecule has 0 saturated heterocycles. The predicted molar refractivity (Wildman–Crippen MR) is 120 cm³/mol. The molecule has 0 aromatic carbocycles. The van der Waals surface area contributed by atoms with Crippen LogP contribution in [-0.4, -0.2) is 88.3 Å². The van der Waals surface area contributed by atoms with E-state index in [1.54, 1.807) is 0 Å². The number of aliphatic hydroxyl groups is 1. The molecule has 0 bridgehead atoms. The number of hydrogen-bond acceptors (Lipinski definition) is 8. The van der Waals surface area contributed by atoms with Gasteiger partial charge in [0.1, 0.15) is 18.1 Å². The SMILES string of the molecule is CC(C)CC(N)C(=O)NC(CO)C(=O)NC(CC(=O)O)C(=O)NC(CCCN=C(N)N)C(=O)O. The molecular formula is C19H35N7O8. The third kappa shape index (κ3) is 12.5. The van der Waals surface area contributed by atoms with Gasteiger partial charge in [0.25, 0.3) is 0 Å². The summed E-state index contributed by atoms with van der Waals surface area (Å²) in [5, 5.41) is 34.4. The molecule has 34 heavy (non-hydrogen) atoms. The second-order valence-corrected chi connectivity index (χ2v) is 7.99. The van der Waals surface area contributed by atoms with Crippen molar-refractivity contribution in [3.05, 3.63) is 0 Å². The van der Waals surface area contributed by atoms with Crippen LogP contribution in [0.25, 0.3) is 0 Å². The molecule has 0 aromatic heterocycles. The smallest absolute Gasteiger partial charge is 0.326 e. The van der Waals surface area contributed by atoms with Gasteiger partial charge in [0.2, 0.25) is 17.7 Å². The monoisotopic (exact) mass is 489 g/mol. The minimum atomic E-state index is -1.68. The summed E-state index contributed by atoms with van der Waals surface area (Å²) in [4.78, 5) is 63.5. The molecule has 4 unspecified atom stereocenters. The molecule has 12 N–H and O–H groups in total. The Bertz CT molecular complexity index is 755. The fourth-order valence-electron chi connectivity index (χ4n) is 2.78. The summed E-state index contributed by atoms with van der Waals surface area (Å²) >= 11 is 0. The van der Waals surface area contributed by atoms with Crippen molar-refractivity contribution in [2.75, 3.05) is 13.2 Å². The summed E-state index contributed by atoms with van der Waals surface area (Å²) in [6, 6.07) is -5.54. The first kappa shape index (κ1) is 30.5. The van der Waals surface area contributed by atoms with Crippen LogP contribution < -0.4 is 33.2 Å². The van der Waals surface area contributed by atoms with Crippen molar-refractivity contribution < 1.29 is 39.3 Å². The van der Waals surface area contributed by atoms with Crippen LogP contribution in [0.1, 0.15) is 39.5 Å². The normalized spacial score (nSPS) is 14.3.